The lowest BCUT2D eigenvalue weighted by atomic mass is 9.80. The van der Waals surface area contributed by atoms with Crippen molar-refractivity contribution in [1.82, 2.24) is 4.98 Å². The molecular formula is C14H21ClN2O. The van der Waals surface area contributed by atoms with Crippen LogP contribution in [0.1, 0.15) is 32.8 Å². The van der Waals surface area contributed by atoms with Gasteiger partial charge in [-0.1, -0.05) is 32.4 Å². The van der Waals surface area contributed by atoms with Crippen molar-refractivity contribution >= 4 is 17.4 Å². The number of hydrogen-bond donors (Lipinski definition) is 1. The molecule has 100 valence electrons. The number of aliphatic hydroxyl groups is 1. The van der Waals surface area contributed by atoms with Crippen molar-refractivity contribution in [2.75, 3.05) is 18.0 Å². The molecule has 1 atom stereocenters. The van der Waals surface area contributed by atoms with E-state index in [4.69, 9.17) is 11.6 Å². The molecule has 1 aliphatic heterocycles. The first-order chi connectivity index (χ1) is 8.41. The molecule has 1 aromatic rings. The maximum Gasteiger partial charge on any atom is 0.128 e. The summed E-state index contributed by atoms with van der Waals surface area (Å²) in [5, 5.41) is 9.77. The molecule has 18 heavy (non-hydrogen) atoms. The molecule has 1 fully saturated rings. The molecule has 0 aromatic carbocycles. The van der Waals surface area contributed by atoms with Gasteiger partial charge in [0, 0.05) is 24.8 Å². The number of pyridine rings is 1. The Hall–Kier alpha value is -0.800. The van der Waals surface area contributed by atoms with Gasteiger partial charge in [-0.25, -0.2) is 4.98 Å². The number of halogens is 1. The molecule has 1 saturated heterocycles. The zero-order valence-corrected chi connectivity index (χ0v) is 12.0. The van der Waals surface area contributed by atoms with Crippen molar-refractivity contribution in [1.29, 1.82) is 0 Å². The topological polar surface area (TPSA) is 36.4 Å². The zero-order chi connectivity index (χ0) is 13.3. The summed E-state index contributed by atoms with van der Waals surface area (Å²) in [6.07, 6.45) is 2.83. The van der Waals surface area contributed by atoms with Crippen LogP contribution in [0.3, 0.4) is 0 Å². The minimum absolute atomic E-state index is 0.0368. The Balaban J connectivity index is 2.14. The van der Waals surface area contributed by atoms with Gasteiger partial charge in [0.15, 0.2) is 0 Å². The molecule has 2 heterocycles. The molecule has 0 saturated carbocycles. The first kappa shape index (κ1) is 13.6. The minimum atomic E-state index is -0.0368. The van der Waals surface area contributed by atoms with Crippen LogP contribution in [0.2, 0.25) is 5.02 Å². The summed E-state index contributed by atoms with van der Waals surface area (Å²) in [6.45, 7) is 8.89. The second-order valence-corrected chi connectivity index (χ2v) is 6.50. The van der Waals surface area contributed by atoms with Crippen LogP contribution in [0, 0.1) is 11.3 Å². The summed E-state index contributed by atoms with van der Waals surface area (Å²) < 4.78 is 0. The van der Waals surface area contributed by atoms with Crippen LogP contribution >= 0.6 is 11.6 Å². The van der Waals surface area contributed by atoms with Crippen LogP contribution in [-0.2, 0) is 6.61 Å². The molecule has 0 aliphatic carbocycles. The highest BCUT2D eigenvalue weighted by atomic mass is 35.5. The third-order valence-electron chi connectivity index (χ3n) is 3.83. The average Bonchev–Trinajstić information content (AvgIpc) is 2.78. The van der Waals surface area contributed by atoms with Gasteiger partial charge in [-0.3, -0.25) is 0 Å². The average molecular weight is 269 g/mol. The summed E-state index contributed by atoms with van der Waals surface area (Å²) in [6, 6.07) is 1.90. The Bertz CT molecular complexity index is 428. The van der Waals surface area contributed by atoms with Crippen LogP contribution in [-0.4, -0.2) is 23.2 Å². The van der Waals surface area contributed by atoms with E-state index in [2.05, 4.69) is 30.7 Å². The second-order valence-electron chi connectivity index (χ2n) is 6.09. The number of nitrogens with zero attached hydrogens (tertiary/aromatic N) is 2. The smallest absolute Gasteiger partial charge is 0.128 e. The van der Waals surface area contributed by atoms with Crippen molar-refractivity contribution < 1.29 is 5.11 Å². The predicted molar refractivity (Wildman–Crippen MR) is 74.9 cm³/mol. The van der Waals surface area contributed by atoms with Crippen LogP contribution in [0.25, 0.3) is 0 Å². The molecule has 0 amide bonds. The Morgan fingerprint density at radius 2 is 2.22 bits per heavy atom. The van der Waals surface area contributed by atoms with Gasteiger partial charge in [0.1, 0.15) is 5.82 Å². The lowest BCUT2D eigenvalue weighted by molar-refractivity contribution is 0.263. The first-order valence-corrected chi connectivity index (χ1v) is 6.80. The van der Waals surface area contributed by atoms with E-state index in [0.29, 0.717) is 16.4 Å². The fraction of sp³-hybridized carbons (Fsp3) is 0.643. The van der Waals surface area contributed by atoms with Gasteiger partial charge in [-0.15, -0.1) is 0 Å². The van der Waals surface area contributed by atoms with Crippen molar-refractivity contribution in [2.24, 2.45) is 11.3 Å². The van der Waals surface area contributed by atoms with Gasteiger partial charge >= 0.3 is 0 Å². The fourth-order valence-corrected chi connectivity index (χ4v) is 2.60. The van der Waals surface area contributed by atoms with Gasteiger partial charge in [0.25, 0.3) is 0 Å². The maximum absolute atomic E-state index is 9.24. The predicted octanol–water partition coefficient (Wildman–Crippen LogP) is 3.10. The summed E-state index contributed by atoms with van der Waals surface area (Å²) in [5.41, 5.74) is 1.09. The van der Waals surface area contributed by atoms with Crippen LogP contribution < -0.4 is 4.90 Å². The number of hydrogen-bond acceptors (Lipinski definition) is 3. The van der Waals surface area contributed by atoms with E-state index in [1.807, 2.05) is 6.07 Å². The largest absolute Gasteiger partial charge is 0.392 e. The fourth-order valence-electron chi connectivity index (χ4n) is 2.44. The van der Waals surface area contributed by atoms with Crippen molar-refractivity contribution in [3.05, 3.63) is 22.8 Å². The van der Waals surface area contributed by atoms with Gasteiger partial charge in [-0.2, -0.15) is 0 Å². The monoisotopic (exact) mass is 268 g/mol. The standard InChI is InChI=1S/C14H21ClN2O/c1-14(2,3)11-4-5-17(8-11)13-6-10(9-18)12(15)7-16-13/h6-7,11,18H,4-5,8-9H2,1-3H3. The molecular weight excluding hydrogens is 248 g/mol. The normalized spacial score (nSPS) is 20.5. The van der Waals surface area contributed by atoms with E-state index < -0.39 is 0 Å². The molecule has 4 heteroatoms. The third kappa shape index (κ3) is 2.78. The van der Waals surface area contributed by atoms with Crippen LogP contribution in [0.5, 0.6) is 0 Å². The molecule has 0 bridgehead atoms. The molecule has 0 spiro atoms. The number of rotatable bonds is 2. The van der Waals surface area contributed by atoms with E-state index in [-0.39, 0.29) is 6.61 Å². The van der Waals surface area contributed by atoms with Gasteiger partial charge in [0.05, 0.1) is 11.6 Å². The molecule has 1 aromatic heterocycles. The van der Waals surface area contributed by atoms with Crippen LogP contribution in [0.4, 0.5) is 5.82 Å². The molecule has 1 N–H and O–H groups in total. The summed E-state index contributed by atoms with van der Waals surface area (Å²) in [4.78, 5) is 6.65. The van der Waals surface area contributed by atoms with E-state index in [0.717, 1.165) is 24.5 Å². The summed E-state index contributed by atoms with van der Waals surface area (Å²) in [7, 11) is 0. The molecule has 0 radical (unpaired) electrons. The Morgan fingerprint density at radius 1 is 1.50 bits per heavy atom. The van der Waals surface area contributed by atoms with Gasteiger partial charge in [0.2, 0.25) is 0 Å². The van der Waals surface area contributed by atoms with Crippen molar-refractivity contribution in [3.63, 3.8) is 0 Å². The molecule has 1 aliphatic rings. The second kappa shape index (κ2) is 5.06. The third-order valence-corrected chi connectivity index (χ3v) is 4.17. The first-order valence-electron chi connectivity index (χ1n) is 6.42. The van der Waals surface area contributed by atoms with Gasteiger partial charge in [-0.05, 0) is 23.8 Å². The Labute approximate surface area is 114 Å². The van der Waals surface area contributed by atoms with E-state index in [9.17, 15) is 5.11 Å². The van der Waals surface area contributed by atoms with E-state index in [1.54, 1.807) is 6.20 Å². The van der Waals surface area contributed by atoms with E-state index in [1.165, 1.54) is 6.42 Å². The van der Waals surface area contributed by atoms with Crippen LogP contribution in [0.15, 0.2) is 12.3 Å². The lowest BCUT2D eigenvalue weighted by Gasteiger charge is -2.27. The number of aromatic nitrogens is 1. The summed E-state index contributed by atoms with van der Waals surface area (Å²) >= 11 is 5.96. The van der Waals surface area contributed by atoms with E-state index >= 15 is 0 Å². The highest BCUT2D eigenvalue weighted by molar-refractivity contribution is 6.31. The molecule has 3 nitrogen and oxygen atoms in total. The molecule has 1 unspecified atom stereocenters. The van der Waals surface area contributed by atoms with Gasteiger partial charge < -0.3 is 10.0 Å². The van der Waals surface area contributed by atoms with Crippen molar-refractivity contribution in [3.8, 4) is 0 Å². The maximum atomic E-state index is 9.24. The van der Waals surface area contributed by atoms with Crippen molar-refractivity contribution in [2.45, 2.75) is 33.8 Å². The Kier molecular flexibility index (Phi) is 3.83. The quantitative estimate of drug-likeness (QED) is 0.895. The minimum Gasteiger partial charge on any atom is -0.392 e. The number of aliphatic hydroxyl groups excluding tert-OH is 1. The lowest BCUT2D eigenvalue weighted by Crippen LogP contribution is -2.26. The zero-order valence-electron chi connectivity index (χ0n) is 11.3. The highest BCUT2D eigenvalue weighted by Gasteiger charge is 2.32. The SMILES string of the molecule is CC(C)(C)C1CCN(c2cc(CO)c(Cl)cn2)C1. The number of anilines is 1. The Morgan fingerprint density at radius 3 is 2.78 bits per heavy atom. The highest BCUT2D eigenvalue weighted by Crippen LogP contribution is 2.35. The summed E-state index contributed by atoms with van der Waals surface area (Å²) in [5.74, 6) is 1.61. The molecule has 2 rings (SSSR count).